The molecule has 3 amide bonds. The van der Waals surface area contributed by atoms with Crippen molar-refractivity contribution in [2.45, 2.75) is 57.4 Å². The summed E-state index contributed by atoms with van der Waals surface area (Å²) in [5.41, 5.74) is 0. The number of rotatable bonds is 1. The maximum atomic E-state index is 11.9. The maximum absolute atomic E-state index is 11.9. The Kier molecular flexibility index (Phi) is 3.48. The molecular weight excluding hydrogens is 244 g/mol. The van der Waals surface area contributed by atoms with E-state index >= 15 is 0 Å². The van der Waals surface area contributed by atoms with Crippen molar-refractivity contribution >= 4 is 11.9 Å². The molecule has 3 rings (SSSR count). The maximum Gasteiger partial charge on any atom is 0.348 e. The summed E-state index contributed by atoms with van der Waals surface area (Å²) >= 11 is 0. The van der Waals surface area contributed by atoms with Crippen LogP contribution in [0.3, 0.4) is 0 Å². The summed E-state index contributed by atoms with van der Waals surface area (Å²) in [5.74, 6) is 0.770. The van der Waals surface area contributed by atoms with Crippen LogP contribution in [-0.2, 0) is 4.79 Å². The van der Waals surface area contributed by atoms with Crippen LogP contribution in [0.1, 0.15) is 51.4 Å². The number of hydrogen-bond acceptors (Lipinski definition) is 3. The third-order valence-electron chi connectivity index (χ3n) is 5.23. The molecule has 0 radical (unpaired) electrons. The van der Waals surface area contributed by atoms with Crippen molar-refractivity contribution in [1.82, 2.24) is 10.4 Å². The number of amides is 3. The summed E-state index contributed by atoms with van der Waals surface area (Å²) in [7, 11) is 0. The Hall–Kier alpha value is -1.10. The summed E-state index contributed by atoms with van der Waals surface area (Å²) in [6, 6.07) is -0.723. The smallest absolute Gasteiger partial charge is 0.332 e. The molecule has 19 heavy (non-hydrogen) atoms. The Morgan fingerprint density at radius 1 is 1.00 bits per heavy atom. The van der Waals surface area contributed by atoms with Gasteiger partial charge in [-0.3, -0.25) is 10.0 Å². The van der Waals surface area contributed by atoms with Gasteiger partial charge in [-0.05, 0) is 31.1 Å². The fraction of sp³-hybridized carbons (Fsp3) is 0.857. The van der Waals surface area contributed by atoms with Crippen LogP contribution in [0.4, 0.5) is 4.79 Å². The first-order valence-corrected chi connectivity index (χ1v) is 7.50. The topological polar surface area (TPSA) is 69.6 Å². The van der Waals surface area contributed by atoms with E-state index in [0.29, 0.717) is 5.92 Å². The molecule has 1 heterocycles. The Morgan fingerprint density at radius 2 is 1.74 bits per heavy atom. The predicted octanol–water partition coefficient (Wildman–Crippen LogP) is 2.29. The van der Waals surface area contributed by atoms with Gasteiger partial charge in [0.25, 0.3) is 5.91 Å². The van der Waals surface area contributed by atoms with Gasteiger partial charge >= 0.3 is 6.03 Å². The van der Waals surface area contributed by atoms with Crippen molar-refractivity contribution in [3.63, 3.8) is 0 Å². The third kappa shape index (κ3) is 2.36. The highest BCUT2D eigenvalue weighted by Gasteiger charge is 2.45. The van der Waals surface area contributed by atoms with Crippen molar-refractivity contribution in [3.8, 4) is 0 Å². The monoisotopic (exact) mass is 266 g/mol. The van der Waals surface area contributed by atoms with Crippen LogP contribution < -0.4 is 5.32 Å². The molecule has 5 nitrogen and oxygen atoms in total. The lowest BCUT2D eigenvalue weighted by atomic mass is 9.68. The predicted molar refractivity (Wildman–Crippen MR) is 68.4 cm³/mol. The van der Waals surface area contributed by atoms with Gasteiger partial charge in [-0.15, -0.1) is 5.06 Å². The van der Waals surface area contributed by atoms with E-state index in [9.17, 15) is 14.8 Å². The molecule has 2 saturated carbocycles. The minimum atomic E-state index is -0.657. The van der Waals surface area contributed by atoms with Crippen LogP contribution >= 0.6 is 0 Å². The van der Waals surface area contributed by atoms with E-state index in [4.69, 9.17) is 0 Å². The molecule has 0 aromatic rings. The van der Waals surface area contributed by atoms with E-state index in [1.54, 1.807) is 0 Å². The lowest BCUT2D eigenvalue weighted by Gasteiger charge is -2.43. The van der Waals surface area contributed by atoms with Crippen LogP contribution in [0.5, 0.6) is 0 Å². The van der Waals surface area contributed by atoms with Crippen molar-refractivity contribution in [2.24, 2.45) is 17.8 Å². The molecule has 1 saturated heterocycles. The fourth-order valence-corrected chi connectivity index (χ4v) is 4.17. The quantitative estimate of drug-likeness (QED) is 0.715. The zero-order chi connectivity index (χ0) is 13.4. The second kappa shape index (κ2) is 5.12. The van der Waals surface area contributed by atoms with Crippen molar-refractivity contribution < 1.29 is 14.8 Å². The molecule has 106 valence electrons. The zero-order valence-corrected chi connectivity index (χ0v) is 11.2. The van der Waals surface area contributed by atoms with Gasteiger partial charge in [0.05, 0.1) is 5.92 Å². The Bertz CT molecular complexity index is 379. The highest BCUT2D eigenvalue weighted by atomic mass is 16.5. The average Bonchev–Trinajstić information content (AvgIpc) is 2.45. The Labute approximate surface area is 113 Å². The number of carbonyl (C=O) groups excluding carboxylic acids is 2. The first-order chi connectivity index (χ1) is 9.16. The number of imide groups is 1. The minimum absolute atomic E-state index is 0.0657. The van der Waals surface area contributed by atoms with E-state index in [0.717, 1.165) is 25.2 Å². The first-order valence-electron chi connectivity index (χ1n) is 7.50. The van der Waals surface area contributed by atoms with Crippen molar-refractivity contribution in [3.05, 3.63) is 0 Å². The van der Waals surface area contributed by atoms with Gasteiger partial charge in [-0.1, -0.05) is 32.1 Å². The van der Waals surface area contributed by atoms with Crippen LogP contribution in [0.25, 0.3) is 0 Å². The summed E-state index contributed by atoms with van der Waals surface area (Å²) in [5, 5.41) is 12.4. The zero-order valence-electron chi connectivity index (χ0n) is 11.2. The Balaban J connectivity index is 1.66. The van der Waals surface area contributed by atoms with Gasteiger partial charge < -0.3 is 5.32 Å². The molecule has 3 atom stereocenters. The van der Waals surface area contributed by atoms with Crippen molar-refractivity contribution in [2.75, 3.05) is 0 Å². The second-order valence-corrected chi connectivity index (χ2v) is 6.28. The molecule has 1 aliphatic heterocycles. The number of hydrogen-bond donors (Lipinski definition) is 2. The van der Waals surface area contributed by atoms with Gasteiger partial charge in [0, 0.05) is 6.04 Å². The number of hydroxylamine groups is 2. The summed E-state index contributed by atoms with van der Waals surface area (Å²) < 4.78 is 0. The highest BCUT2D eigenvalue weighted by Crippen LogP contribution is 2.41. The van der Waals surface area contributed by atoms with Gasteiger partial charge in [0.1, 0.15) is 0 Å². The van der Waals surface area contributed by atoms with E-state index in [1.807, 2.05) is 0 Å². The number of fused-ring (bicyclic) bond motifs is 1. The molecule has 0 bridgehead atoms. The number of nitrogens with one attached hydrogen (secondary N) is 1. The molecule has 0 aromatic carbocycles. The lowest BCUT2D eigenvalue weighted by Crippen LogP contribution is -2.60. The normalized spacial score (nSPS) is 36.9. The van der Waals surface area contributed by atoms with E-state index in [2.05, 4.69) is 5.32 Å². The molecule has 3 aliphatic rings. The summed E-state index contributed by atoms with van der Waals surface area (Å²) in [6.45, 7) is 0. The molecule has 5 heteroatoms. The fourth-order valence-electron chi connectivity index (χ4n) is 4.17. The Morgan fingerprint density at radius 3 is 2.47 bits per heavy atom. The molecule has 2 aliphatic carbocycles. The molecule has 3 unspecified atom stereocenters. The summed E-state index contributed by atoms with van der Waals surface area (Å²) in [6.07, 6.45) is 9.36. The number of carbonyl (C=O) groups is 2. The number of urea groups is 1. The molecule has 2 N–H and O–H groups in total. The minimum Gasteiger partial charge on any atom is -0.332 e. The standard InChI is InChI=1S/C14H22N2O3/c17-13-11-7-6-10(9-4-2-1-3-5-9)8-12(11)15-14(18)16(13)19/h9-12,19H,1-8H2,(H,15,18). The molecule has 3 fully saturated rings. The van der Waals surface area contributed by atoms with Gasteiger partial charge in [0.2, 0.25) is 0 Å². The van der Waals surface area contributed by atoms with Crippen molar-refractivity contribution in [1.29, 1.82) is 0 Å². The van der Waals surface area contributed by atoms with E-state index < -0.39 is 11.9 Å². The first kappa shape index (κ1) is 12.9. The second-order valence-electron chi connectivity index (χ2n) is 6.28. The van der Waals surface area contributed by atoms with E-state index in [1.165, 1.54) is 32.1 Å². The van der Waals surface area contributed by atoms with Crippen LogP contribution in [-0.4, -0.2) is 28.3 Å². The van der Waals surface area contributed by atoms with Crippen LogP contribution in [0.15, 0.2) is 0 Å². The van der Waals surface area contributed by atoms with E-state index in [-0.39, 0.29) is 17.0 Å². The van der Waals surface area contributed by atoms with Crippen LogP contribution in [0.2, 0.25) is 0 Å². The molecular formula is C14H22N2O3. The third-order valence-corrected chi connectivity index (χ3v) is 5.23. The van der Waals surface area contributed by atoms with Gasteiger partial charge in [-0.2, -0.15) is 0 Å². The number of nitrogens with zero attached hydrogens (tertiary/aromatic N) is 1. The molecule has 0 spiro atoms. The lowest BCUT2D eigenvalue weighted by molar-refractivity contribution is -0.164. The van der Waals surface area contributed by atoms with Crippen LogP contribution in [0, 0.1) is 17.8 Å². The SMILES string of the molecule is O=C1NC2CC(C3CCCCC3)CCC2C(=O)N1O. The van der Waals surface area contributed by atoms with Gasteiger partial charge in [0.15, 0.2) is 0 Å². The summed E-state index contributed by atoms with van der Waals surface area (Å²) in [4.78, 5) is 23.4. The largest absolute Gasteiger partial charge is 0.348 e. The molecule has 0 aromatic heterocycles. The van der Waals surface area contributed by atoms with Gasteiger partial charge in [-0.25, -0.2) is 4.79 Å². The highest BCUT2D eigenvalue weighted by molar-refractivity contribution is 5.97. The average molecular weight is 266 g/mol.